The molecule has 0 atom stereocenters. The Bertz CT molecular complexity index is 558. The second-order valence-corrected chi connectivity index (χ2v) is 7.18. The average Bonchev–Trinajstić information content (AvgIpc) is 2.60. The maximum absolute atomic E-state index is 12.4. The lowest BCUT2D eigenvalue weighted by Gasteiger charge is -2.40. The van der Waals surface area contributed by atoms with Gasteiger partial charge in [-0.3, -0.25) is 0 Å². The van der Waals surface area contributed by atoms with Crippen molar-refractivity contribution in [1.82, 2.24) is 10.2 Å². The Morgan fingerprint density at radius 2 is 2.00 bits per heavy atom. The van der Waals surface area contributed by atoms with Crippen LogP contribution in [0.5, 0.6) is 0 Å². The highest BCUT2D eigenvalue weighted by molar-refractivity contribution is 5.74. The van der Waals surface area contributed by atoms with E-state index in [1.54, 1.807) is 0 Å². The molecule has 1 heterocycles. The van der Waals surface area contributed by atoms with Crippen LogP contribution in [0.2, 0.25) is 0 Å². The van der Waals surface area contributed by atoms with E-state index in [-0.39, 0.29) is 18.1 Å². The second kappa shape index (κ2) is 7.88. The molecule has 0 aliphatic carbocycles. The van der Waals surface area contributed by atoms with Crippen LogP contribution in [0, 0.1) is 12.3 Å². The number of amides is 2. The van der Waals surface area contributed by atoms with E-state index >= 15 is 0 Å². The van der Waals surface area contributed by atoms with Gasteiger partial charge in [0.05, 0.1) is 0 Å². The minimum absolute atomic E-state index is 0.00578. The molecule has 1 aromatic carbocycles. The first kappa shape index (κ1) is 18.6. The summed E-state index contributed by atoms with van der Waals surface area (Å²) in [7, 11) is 4.04. The summed E-state index contributed by atoms with van der Waals surface area (Å²) < 4.78 is 0. The molecule has 5 nitrogen and oxygen atoms in total. The van der Waals surface area contributed by atoms with E-state index in [1.807, 2.05) is 19.0 Å². The molecule has 1 aliphatic rings. The number of hydrogen-bond acceptors (Lipinski definition) is 3. The lowest BCUT2D eigenvalue weighted by Crippen LogP contribution is -2.48. The smallest absolute Gasteiger partial charge is 0.317 e. The third-order valence-corrected chi connectivity index (χ3v) is 5.35. The van der Waals surface area contributed by atoms with Crippen molar-refractivity contribution in [3.05, 3.63) is 29.3 Å². The molecule has 1 fully saturated rings. The van der Waals surface area contributed by atoms with Crippen molar-refractivity contribution in [3.8, 4) is 0 Å². The third kappa shape index (κ3) is 4.20. The summed E-state index contributed by atoms with van der Waals surface area (Å²) in [6, 6.07) is 6.28. The maximum Gasteiger partial charge on any atom is 0.317 e. The highest BCUT2D eigenvalue weighted by Gasteiger charge is 2.33. The zero-order valence-corrected chi connectivity index (χ0v) is 15.4. The van der Waals surface area contributed by atoms with Crippen molar-refractivity contribution in [2.24, 2.45) is 5.41 Å². The number of aryl methyl sites for hydroxylation is 1. The Hall–Kier alpha value is -1.75. The van der Waals surface area contributed by atoms with Gasteiger partial charge in [-0.25, -0.2) is 4.79 Å². The minimum atomic E-state index is -0.0112. The number of aliphatic hydroxyl groups is 1. The number of benzene rings is 1. The lowest BCUT2D eigenvalue weighted by molar-refractivity contribution is 0.0519. The molecule has 2 rings (SSSR count). The van der Waals surface area contributed by atoms with E-state index in [4.69, 9.17) is 0 Å². The fraction of sp³-hybridized carbons (Fsp3) is 0.632. The number of nitrogens with one attached hydrogen (secondary N) is 1. The summed E-state index contributed by atoms with van der Waals surface area (Å²) in [4.78, 5) is 16.4. The average molecular weight is 333 g/mol. The Morgan fingerprint density at radius 3 is 2.54 bits per heavy atom. The molecule has 134 valence electrons. The first-order chi connectivity index (χ1) is 11.4. The molecule has 0 saturated carbocycles. The van der Waals surface area contributed by atoms with Crippen LogP contribution in [0.15, 0.2) is 18.2 Å². The molecule has 1 saturated heterocycles. The van der Waals surface area contributed by atoms with Gasteiger partial charge in [0.1, 0.15) is 0 Å². The molecule has 0 spiro atoms. The normalized spacial score (nSPS) is 16.8. The molecule has 2 N–H and O–H groups in total. The monoisotopic (exact) mass is 333 g/mol. The molecule has 0 bridgehead atoms. The van der Waals surface area contributed by atoms with E-state index in [0.717, 1.165) is 30.5 Å². The van der Waals surface area contributed by atoms with Gasteiger partial charge in [-0.05, 0) is 48.8 Å². The van der Waals surface area contributed by atoms with Crippen LogP contribution in [0.1, 0.15) is 37.3 Å². The largest absolute Gasteiger partial charge is 0.396 e. The highest BCUT2D eigenvalue weighted by atomic mass is 16.3. The predicted molar refractivity (Wildman–Crippen MR) is 98.4 cm³/mol. The quantitative estimate of drug-likeness (QED) is 0.871. The molecule has 0 radical (unpaired) electrons. The van der Waals surface area contributed by atoms with Gasteiger partial charge >= 0.3 is 6.03 Å². The standard InChI is InChI=1S/C19H31N3O2/c1-5-19(14-23)8-10-22(11-9-19)18(24)20-13-16-7-6-15(2)12-17(16)21(3)4/h6-7,12,23H,5,8-11,13-14H2,1-4H3,(H,20,24). The van der Waals surface area contributed by atoms with Crippen LogP contribution < -0.4 is 10.2 Å². The van der Waals surface area contributed by atoms with Crippen molar-refractivity contribution in [2.45, 2.75) is 39.7 Å². The zero-order valence-electron chi connectivity index (χ0n) is 15.4. The zero-order chi connectivity index (χ0) is 17.7. The number of piperidine rings is 1. The van der Waals surface area contributed by atoms with Crippen LogP contribution in [-0.4, -0.2) is 49.8 Å². The number of hydrogen-bond donors (Lipinski definition) is 2. The van der Waals surface area contributed by atoms with Crippen molar-refractivity contribution >= 4 is 11.7 Å². The second-order valence-electron chi connectivity index (χ2n) is 7.18. The van der Waals surface area contributed by atoms with Crippen LogP contribution in [0.3, 0.4) is 0 Å². The summed E-state index contributed by atoms with van der Waals surface area (Å²) in [6.07, 6.45) is 2.72. The lowest BCUT2D eigenvalue weighted by atomic mass is 9.77. The number of aliphatic hydroxyl groups excluding tert-OH is 1. The van der Waals surface area contributed by atoms with Crippen LogP contribution in [0.4, 0.5) is 10.5 Å². The first-order valence-corrected chi connectivity index (χ1v) is 8.81. The Labute approximate surface area is 145 Å². The van der Waals surface area contributed by atoms with Crippen LogP contribution >= 0.6 is 0 Å². The van der Waals surface area contributed by atoms with E-state index < -0.39 is 0 Å². The van der Waals surface area contributed by atoms with Crippen LogP contribution in [-0.2, 0) is 6.54 Å². The Kier molecular flexibility index (Phi) is 6.10. The number of likely N-dealkylation sites (tertiary alicyclic amines) is 1. The van der Waals surface area contributed by atoms with E-state index in [9.17, 15) is 9.90 Å². The van der Waals surface area contributed by atoms with Gasteiger partial charge in [0.25, 0.3) is 0 Å². The number of rotatable bonds is 5. The predicted octanol–water partition coefficient (Wildman–Crippen LogP) is 2.76. The first-order valence-electron chi connectivity index (χ1n) is 8.81. The van der Waals surface area contributed by atoms with Gasteiger partial charge in [0.15, 0.2) is 0 Å². The fourth-order valence-corrected chi connectivity index (χ4v) is 3.33. The SMILES string of the molecule is CCC1(CO)CCN(C(=O)NCc2ccc(C)cc2N(C)C)CC1. The number of urea groups is 1. The van der Waals surface area contributed by atoms with Gasteiger partial charge in [0, 0.05) is 46.0 Å². The molecular formula is C19H31N3O2. The highest BCUT2D eigenvalue weighted by Crippen LogP contribution is 2.34. The summed E-state index contributed by atoms with van der Waals surface area (Å²) in [6.45, 7) is 6.37. The summed E-state index contributed by atoms with van der Waals surface area (Å²) >= 11 is 0. The molecule has 24 heavy (non-hydrogen) atoms. The van der Waals surface area contributed by atoms with Gasteiger partial charge in [-0.2, -0.15) is 0 Å². The minimum Gasteiger partial charge on any atom is -0.396 e. The molecule has 1 aliphatic heterocycles. The Balaban J connectivity index is 1.93. The fourth-order valence-electron chi connectivity index (χ4n) is 3.33. The maximum atomic E-state index is 12.4. The van der Waals surface area contributed by atoms with Gasteiger partial charge in [-0.1, -0.05) is 19.1 Å². The van der Waals surface area contributed by atoms with Gasteiger partial charge in [0.2, 0.25) is 0 Å². The van der Waals surface area contributed by atoms with Crippen molar-refractivity contribution < 1.29 is 9.90 Å². The van der Waals surface area contributed by atoms with E-state index in [0.29, 0.717) is 19.6 Å². The van der Waals surface area contributed by atoms with E-state index in [1.165, 1.54) is 5.56 Å². The van der Waals surface area contributed by atoms with Crippen LogP contribution in [0.25, 0.3) is 0 Å². The summed E-state index contributed by atoms with van der Waals surface area (Å²) in [5.41, 5.74) is 3.48. The molecule has 2 amide bonds. The summed E-state index contributed by atoms with van der Waals surface area (Å²) in [5, 5.41) is 12.6. The van der Waals surface area contributed by atoms with Crippen molar-refractivity contribution in [1.29, 1.82) is 0 Å². The van der Waals surface area contributed by atoms with Gasteiger partial charge in [-0.15, -0.1) is 0 Å². The number of anilines is 1. The molecule has 1 aromatic rings. The van der Waals surface area contributed by atoms with Gasteiger partial charge < -0.3 is 20.2 Å². The topological polar surface area (TPSA) is 55.8 Å². The molecule has 0 aromatic heterocycles. The van der Waals surface area contributed by atoms with Crippen molar-refractivity contribution in [3.63, 3.8) is 0 Å². The third-order valence-electron chi connectivity index (χ3n) is 5.35. The number of nitrogens with zero attached hydrogens (tertiary/aromatic N) is 2. The number of carbonyl (C=O) groups is 1. The van der Waals surface area contributed by atoms with Crippen molar-refractivity contribution in [2.75, 3.05) is 38.7 Å². The molecular weight excluding hydrogens is 302 g/mol. The summed E-state index contributed by atoms with van der Waals surface area (Å²) in [5.74, 6) is 0. The molecule has 5 heteroatoms. The Morgan fingerprint density at radius 1 is 1.33 bits per heavy atom. The number of carbonyl (C=O) groups excluding carboxylic acids is 1. The van der Waals surface area contributed by atoms with E-state index in [2.05, 4.69) is 42.3 Å². The molecule has 0 unspecified atom stereocenters.